The molecule has 0 spiro atoms. The Hall–Kier alpha value is -0.970. The van der Waals surface area contributed by atoms with Crippen molar-refractivity contribution in [1.82, 2.24) is 0 Å². The van der Waals surface area contributed by atoms with Crippen LogP contribution in [0.2, 0.25) is 0 Å². The average molecular weight is 286 g/mol. The van der Waals surface area contributed by atoms with Crippen molar-refractivity contribution in [2.75, 3.05) is 0 Å². The van der Waals surface area contributed by atoms with Gasteiger partial charge in [0, 0.05) is 16.4 Å². The van der Waals surface area contributed by atoms with Gasteiger partial charge in [-0.25, -0.2) is 13.2 Å². The molecular formula is C14H13F3OS. The molecular weight excluding hydrogens is 273 g/mol. The van der Waals surface area contributed by atoms with E-state index in [-0.39, 0.29) is 17.3 Å². The molecule has 2 saturated heterocycles. The van der Waals surface area contributed by atoms with Crippen LogP contribution in [-0.4, -0.2) is 16.3 Å². The van der Waals surface area contributed by atoms with Gasteiger partial charge >= 0.3 is 0 Å². The fourth-order valence-electron chi connectivity index (χ4n) is 3.01. The lowest BCUT2D eigenvalue weighted by Crippen LogP contribution is -2.25. The Balaban J connectivity index is 1.86. The molecule has 0 radical (unpaired) electrons. The van der Waals surface area contributed by atoms with Crippen molar-refractivity contribution in [3.63, 3.8) is 0 Å². The lowest BCUT2D eigenvalue weighted by molar-refractivity contribution is 0.0901. The first-order chi connectivity index (χ1) is 9.06. The van der Waals surface area contributed by atoms with E-state index in [1.54, 1.807) is 0 Å². The molecule has 2 fully saturated rings. The van der Waals surface area contributed by atoms with Crippen LogP contribution in [0, 0.1) is 23.4 Å². The number of Topliss-reactive ketones (excluding diaryl/α,β-unsaturated/α-hetero) is 1. The highest BCUT2D eigenvalue weighted by Crippen LogP contribution is 2.46. The Morgan fingerprint density at radius 2 is 1.68 bits per heavy atom. The third-order valence-corrected chi connectivity index (χ3v) is 5.59. The number of thioether (sulfide) groups is 1. The van der Waals surface area contributed by atoms with Crippen molar-refractivity contribution < 1.29 is 18.0 Å². The summed E-state index contributed by atoms with van der Waals surface area (Å²) >= 11 is 1.90. The maximum absolute atomic E-state index is 13.6. The lowest BCUT2D eigenvalue weighted by atomic mass is 9.90. The van der Waals surface area contributed by atoms with E-state index in [0.29, 0.717) is 10.5 Å². The Morgan fingerprint density at radius 3 is 2.32 bits per heavy atom. The van der Waals surface area contributed by atoms with E-state index < -0.39 is 17.5 Å². The molecule has 102 valence electrons. The van der Waals surface area contributed by atoms with Gasteiger partial charge in [0.15, 0.2) is 23.2 Å². The summed E-state index contributed by atoms with van der Waals surface area (Å²) in [5.74, 6) is -4.80. The normalized spacial score (nSPS) is 29.5. The van der Waals surface area contributed by atoms with Crippen LogP contribution in [0.4, 0.5) is 13.2 Å². The van der Waals surface area contributed by atoms with Gasteiger partial charge in [0.25, 0.3) is 0 Å². The van der Waals surface area contributed by atoms with Crippen molar-refractivity contribution in [3.8, 4) is 0 Å². The number of rotatable bonds is 2. The molecule has 2 heterocycles. The molecule has 0 N–H and O–H groups in total. The van der Waals surface area contributed by atoms with E-state index in [0.717, 1.165) is 37.8 Å². The van der Waals surface area contributed by atoms with E-state index in [1.165, 1.54) is 0 Å². The molecule has 19 heavy (non-hydrogen) atoms. The molecule has 0 aliphatic carbocycles. The standard InChI is InChI=1S/C14H13F3OS/c15-11-4-3-10(12(16)13(11)17)14(18)7-5-8-1-2-9(6-7)19-8/h3-4,7-9H,1-2,5-6H2. The zero-order valence-electron chi connectivity index (χ0n) is 10.2. The Bertz CT molecular complexity index is 520. The van der Waals surface area contributed by atoms with Crippen LogP contribution in [0.5, 0.6) is 0 Å². The summed E-state index contributed by atoms with van der Waals surface area (Å²) in [6.45, 7) is 0. The van der Waals surface area contributed by atoms with Gasteiger partial charge in [0.2, 0.25) is 0 Å². The topological polar surface area (TPSA) is 17.1 Å². The van der Waals surface area contributed by atoms with E-state index in [4.69, 9.17) is 0 Å². The van der Waals surface area contributed by atoms with Gasteiger partial charge in [-0.15, -0.1) is 0 Å². The van der Waals surface area contributed by atoms with Crippen LogP contribution >= 0.6 is 11.8 Å². The molecule has 2 atom stereocenters. The van der Waals surface area contributed by atoms with Gasteiger partial charge < -0.3 is 0 Å². The summed E-state index contributed by atoms with van der Waals surface area (Å²) in [7, 11) is 0. The summed E-state index contributed by atoms with van der Waals surface area (Å²) in [5.41, 5.74) is -0.310. The number of benzene rings is 1. The summed E-state index contributed by atoms with van der Waals surface area (Å²) in [4.78, 5) is 12.3. The van der Waals surface area contributed by atoms with Crippen molar-refractivity contribution in [1.29, 1.82) is 0 Å². The van der Waals surface area contributed by atoms with Crippen LogP contribution < -0.4 is 0 Å². The fraction of sp³-hybridized carbons (Fsp3) is 0.500. The largest absolute Gasteiger partial charge is 0.294 e. The first-order valence-corrected chi connectivity index (χ1v) is 7.33. The molecule has 2 unspecified atom stereocenters. The van der Waals surface area contributed by atoms with Crippen LogP contribution in [0.1, 0.15) is 36.0 Å². The van der Waals surface area contributed by atoms with Gasteiger partial charge in [-0.1, -0.05) is 0 Å². The van der Waals surface area contributed by atoms with Crippen LogP contribution in [-0.2, 0) is 0 Å². The highest BCUT2D eigenvalue weighted by molar-refractivity contribution is 8.00. The molecule has 2 aliphatic rings. The molecule has 1 nitrogen and oxygen atoms in total. The van der Waals surface area contributed by atoms with Gasteiger partial charge in [0.1, 0.15) is 0 Å². The first kappa shape index (κ1) is 13.0. The molecule has 1 aromatic rings. The van der Waals surface area contributed by atoms with Crippen LogP contribution in [0.3, 0.4) is 0 Å². The van der Waals surface area contributed by atoms with Gasteiger partial charge in [-0.05, 0) is 37.8 Å². The second-order valence-electron chi connectivity index (χ2n) is 5.21. The summed E-state index contributed by atoms with van der Waals surface area (Å²) in [6.07, 6.45) is 3.63. The maximum atomic E-state index is 13.6. The highest BCUT2D eigenvalue weighted by Gasteiger charge is 2.38. The Kier molecular flexibility index (Phi) is 3.33. The number of carbonyl (C=O) groups is 1. The van der Waals surface area contributed by atoms with Crippen molar-refractivity contribution in [2.24, 2.45) is 5.92 Å². The average Bonchev–Trinajstić information content (AvgIpc) is 2.74. The summed E-state index contributed by atoms with van der Waals surface area (Å²) in [6, 6.07) is 1.87. The number of ketones is 1. The third kappa shape index (κ3) is 2.29. The number of hydrogen-bond acceptors (Lipinski definition) is 2. The lowest BCUT2D eigenvalue weighted by Gasteiger charge is -2.26. The fourth-order valence-corrected chi connectivity index (χ4v) is 4.78. The zero-order chi connectivity index (χ0) is 13.6. The van der Waals surface area contributed by atoms with Gasteiger partial charge in [-0.3, -0.25) is 4.79 Å². The van der Waals surface area contributed by atoms with Crippen LogP contribution in [0.25, 0.3) is 0 Å². The van der Waals surface area contributed by atoms with Crippen molar-refractivity contribution in [3.05, 3.63) is 35.1 Å². The van der Waals surface area contributed by atoms with E-state index in [1.807, 2.05) is 11.8 Å². The minimum atomic E-state index is -1.56. The molecule has 2 aliphatic heterocycles. The Morgan fingerprint density at radius 1 is 1.05 bits per heavy atom. The van der Waals surface area contributed by atoms with E-state index >= 15 is 0 Å². The number of hydrogen-bond donors (Lipinski definition) is 0. The predicted octanol–water partition coefficient (Wildman–Crippen LogP) is 3.96. The SMILES string of the molecule is O=C(c1ccc(F)c(F)c1F)C1CC2CCC(C1)S2. The highest BCUT2D eigenvalue weighted by atomic mass is 32.2. The monoisotopic (exact) mass is 286 g/mol. The van der Waals surface area contributed by atoms with Crippen molar-refractivity contribution >= 4 is 17.5 Å². The second-order valence-corrected chi connectivity index (χ2v) is 6.82. The second kappa shape index (κ2) is 4.85. The number of halogens is 3. The van der Waals surface area contributed by atoms with Gasteiger partial charge in [-0.2, -0.15) is 11.8 Å². The van der Waals surface area contributed by atoms with Crippen LogP contribution in [0.15, 0.2) is 12.1 Å². The Labute approximate surface area is 113 Å². The number of fused-ring (bicyclic) bond motifs is 2. The minimum Gasteiger partial charge on any atom is -0.294 e. The summed E-state index contributed by atoms with van der Waals surface area (Å²) < 4.78 is 39.7. The molecule has 0 aromatic heterocycles. The molecule has 2 bridgehead atoms. The smallest absolute Gasteiger partial charge is 0.195 e. The molecule has 5 heteroatoms. The van der Waals surface area contributed by atoms with Crippen molar-refractivity contribution in [2.45, 2.75) is 36.2 Å². The number of carbonyl (C=O) groups excluding carboxylic acids is 1. The molecule has 3 rings (SSSR count). The minimum absolute atomic E-state index is 0.252. The van der Waals surface area contributed by atoms with E-state index in [9.17, 15) is 18.0 Å². The maximum Gasteiger partial charge on any atom is 0.195 e. The van der Waals surface area contributed by atoms with Gasteiger partial charge in [0.05, 0.1) is 5.56 Å². The predicted molar refractivity (Wildman–Crippen MR) is 67.8 cm³/mol. The zero-order valence-corrected chi connectivity index (χ0v) is 11.0. The summed E-state index contributed by atoms with van der Waals surface area (Å²) in [5, 5.41) is 0.919. The molecule has 1 aromatic carbocycles. The molecule has 0 amide bonds. The molecule has 0 saturated carbocycles. The third-order valence-electron chi connectivity index (χ3n) is 3.96. The first-order valence-electron chi connectivity index (χ1n) is 6.39. The quantitative estimate of drug-likeness (QED) is 0.604. The van der Waals surface area contributed by atoms with E-state index in [2.05, 4.69) is 0 Å².